The van der Waals surface area contributed by atoms with Gasteiger partial charge in [0, 0.05) is 43.4 Å². The first-order chi connectivity index (χ1) is 18.5. The van der Waals surface area contributed by atoms with E-state index in [0.29, 0.717) is 44.3 Å². The molecule has 3 heterocycles. The maximum atomic E-state index is 13.1. The SMILES string of the molecule is CCOc1ccccc1C=CC(=O)N1CCC2(CC1)CCN(C(=O)c1ccc(C#Cc3ccccc3)o1)C2. The maximum Gasteiger partial charge on any atom is 0.289 e. The van der Waals surface area contributed by atoms with E-state index in [2.05, 4.69) is 11.8 Å². The number of benzene rings is 2. The van der Waals surface area contributed by atoms with Gasteiger partial charge in [0.2, 0.25) is 5.91 Å². The van der Waals surface area contributed by atoms with Crippen molar-refractivity contribution >= 4 is 17.9 Å². The Kier molecular flexibility index (Phi) is 7.65. The molecule has 2 saturated heterocycles. The van der Waals surface area contributed by atoms with Crippen molar-refractivity contribution in [2.75, 3.05) is 32.8 Å². The molecule has 3 aromatic rings. The lowest BCUT2D eigenvalue weighted by Crippen LogP contribution is -2.44. The molecule has 1 spiro atoms. The van der Waals surface area contributed by atoms with Crippen LogP contribution in [0.25, 0.3) is 6.08 Å². The molecule has 6 heteroatoms. The van der Waals surface area contributed by atoms with Gasteiger partial charge < -0.3 is 19.0 Å². The van der Waals surface area contributed by atoms with Crippen LogP contribution in [0.5, 0.6) is 5.75 Å². The number of carbonyl (C=O) groups excluding carboxylic acids is 2. The summed E-state index contributed by atoms with van der Waals surface area (Å²) >= 11 is 0. The minimum atomic E-state index is -0.0935. The molecule has 0 N–H and O–H groups in total. The van der Waals surface area contributed by atoms with Gasteiger partial charge in [-0.25, -0.2) is 0 Å². The summed E-state index contributed by atoms with van der Waals surface area (Å²) in [5, 5.41) is 0. The number of furan rings is 1. The fourth-order valence-corrected chi connectivity index (χ4v) is 5.22. The third-order valence-corrected chi connectivity index (χ3v) is 7.41. The van der Waals surface area contributed by atoms with Gasteiger partial charge in [-0.3, -0.25) is 9.59 Å². The predicted octanol–water partition coefficient (Wildman–Crippen LogP) is 5.25. The lowest BCUT2D eigenvalue weighted by molar-refractivity contribution is -0.128. The average Bonchev–Trinajstić information content (AvgIpc) is 3.60. The highest BCUT2D eigenvalue weighted by atomic mass is 16.5. The van der Waals surface area contributed by atoms with Crippen LogP contribution >= 0.6 is 0 Å². The summed E-state index contributed by atoms with van der Waals surface area (Å²) in [4.78, 5) is 29.8. The molecule has 2 fully saturated rings. The van der Waals surface area contributed by atoms with Gasteiger partial charge in [0.25, 0.3) is 5.91 Å². The molecule has 1 aromatic heterocycles. The van der Waals surface area contributed by atoms with Crippen LogP contribution in [-0.2, 0) is 4.79 Å². The summed E-state index contributed by atoms with van der Waals surface area (Å²) in [5.41, 5.74) is 1.85. The zero-order valence-corrected chi connectivity index (χ0v) is 21.7. The van der Waals surface area contributed by atoms with Gasteiger partial charge in [-0.15, -0.1) is 0 Å². The second kappa shape index (κ2) is 11.4. The number of hydrogen-bond acceptors (Lipinski definition) is 4. The Balaban J connectivity index is 1.15. The van der Waals surface area contributed by atoms with Crippen molar-refractivity contribution in [3.05, 3.63) is 95.5 Å². The Morgan fingerprint density at radius 1 is 0.921 bits per heavy atom. The molecule has 2 aromatic carbocycles. The topological polar surface area (TPSA) is 63.0 Å². The van der Waals surface area contributed by atoms with E-state index >= 15 is 0 Å². The van der Waals surface area contributed by atoms with Gasteiger partial charge in [0.15, 0.2) is 11.5 Å². The van der Waals surface area contributed by atoms with Gasteiger partial charge in [-0.05, 0) is 73.9 Å². The number of ether oxygens (including phenoxy) is 1. The molecule has 0 atom stereocenters. The fraction of sp³-hybridized carbons (Fsp3) is 0.312. The van der Waals surface area contributed by atoms with Crippen LogP contribution in [0.15, 0.2) is 77.2 Å². The molecular formula is C32H32N2O4. The maximum absolute atomic E-state index is 13.1. The Bertz CT molecular complexity index is 1370. The number of carbonyl (C=O) groups is 2. The van der Waals surface area contributed by atoms with Gasteiger partial charge >= 0.3 is 0 Å². The zero-order chi connectivity index (χ0) is 26.4. The highest BCUT2D eigenvalue weighted by Crippen LogP contribution is 2.41. The summed E-state index contributed by atoms with van der Waals surface area (Å²) in [5.74, 6) is 7.55. The normalized spacial score (nSPS) is 16.4. The molecule has 194 valence electrons. The number of rotatable bonds is 5. The molecule has 2 amide bonds. The van der Waals surface area contributed by atoms with Crippen molar-refractivity contribution in [2.24, 2.45) is 5.41 Å². The molecule has 0 aliphatic carbocycles. The second-order valence-electron chi connectivity index (χ2n) is 9.89. The summed E-state index contributed by atoms with van der Waals surface area (Å²) in [7, 11) is 0. The number of para-hydroxylation sites is 1. The molecule has 2 aliphatic rings. The Morgan fingerprint density at radius 3 is 2.39 bits per heavy atom. The van der Waals surface area contributed by atoms with Gasteiger partial charge in [-0.1, -0.05) is 42.3 Å². The van der Waals surface area contributed by atoms with E-state index in [0.717, 1.165) is 36.1 Å². The monoisotopic (exact) mass is 508 g/mol. The Labute approximate surface area is 223 Å². The number of piperidine rings is 1. The van der Waals surface area contributed by atoms with E-state index in [-0.39, 0.29) is 17.2 Å². The molecular weight excluding hydrogens is 476 g/mol. The molecule has 6 nitrogen and oxygen atoms in total. The van der Waals surface area contributed by atoms with Crippen LogP contribution in [0.2, 0.25) is 0 Å². The quantitative estimate of drug-likeness (QED) is 0.349. The molecule has 5 rings (SSSR count). The first-order valence-corrected chi connectivity index (χ1v) is 13.2. The molecule has 38 heavy (non-hydrogen) atoms. The number of likely N-dealkylation sites (tertiary alicyclic amines) is 2. The molecule has 0 saturated carbocycles. The highest BCUT2D eigenvalue weighted by molar-refractivity contribution is 5.92. The summed E-state index contributed by atoms with van der Waals surface area (Å²) in [6, 6.07) is 20.9. The summed E-state index contributed by atoms with van der Waals surface area (Å²) < 4.78 is 11.4. The van der Waals surface area contributed by atoms with E-state index in [1.807, 2.05) is 77.4 Å². The molecule has 0 bridgehead atoms. The van der Waals surface area contributed by atoms with Crippen molar-refractivity contribution in [1.29, 1.82) is 0 Å². The average molecular weight is 509 g/mol. The van der Waals surface area contributed by atoms with E-state index < -0.39 is 0 Å². The molecule has 0 unspecified atom stereocenters. The fourth-order valence-electron chi connectivity index (χ4n) is 5.22. The number of nitrogens with zero attached hydrogens (tertiary/aromatic N) is 2. The van der Waals surface area contributed by atoms with Gasteiger partial charge in [-0.2, -0.15) is 0 Å². The van der Waals surface area contributed by atoms with Crippen molar-refractivity contribution in [3.8, 4) is 17.6 Å². The lowest BCUT2D eigenvalue weighted by atomic mass is 9.78. The number of hydrogen-bond donors (Lipinski definition) is 0. The Morgan fingerprint density at radius 2 is 1.63 bits per heavy atom. The van der Waals surface area contributed by atoms with Crippen LogP contribution in [-0.4, -0.2) is 54.4 Å². The standard InChI is InChI=1S/C32H32N2O4/c1-2-37-28-11-7-6-10-26(28)13-17-30(35)33-21-18-32(19-22-33)20-23-34(24-32)31(36)29-16-15-27(38-29)14-12-25-8-4-3-5-9-25/h3-11,13,15-17H,2,18-24H2,1H3. The number of amides is 2. The summed E-state index contributed by atoms with van der Waals surface area (Å²) in [6.45, 7) is 5.30. The second-order valence-corrected chi connectivity index (χ2v) is 9.89. The van der Waals surface area contributed by atoms with Crippen LogP contribution in [0.1, 0.15) is 53.6 Å². The smallest absolute Gasteiger partial charge is 0.289 e. The van der Waals surface area contributed by atoms with Crippen LogP contribution in [0.4, 0.5) is 0 Å². The van der Waals surface area contributed by atoms with Gasteiger partial charge in [0.1, 0.15) is 5.75 Å². The van der Waals surface area contributed by atoms with Crippen molar-refractivity contribution in [1.82, 2.24) is 9.80 Å². The predicted molar refractivity (Wildman–Crippen MR) is 147 cm³/mol. The van der Waals surface area contributed by atoms with Crippen LogP contribution in [0, 0.1) is 17.3 Å². The van der Waals surface area contributed by atoms with Crippen LogP contribution < -0.4 is 4.74 Å². The first-order valence-electron chi connectivity index (χ1n) is 13.2. The molecule has 2 aliphatic heterocycles. The molecule has 0 radical (unpaired) electrons. The van der Waals surface area contributed by atoms with E-state index in [1.165, 1.54) is 0 Å². The van der Waals surface area contributed by atoms with E-state index in [4.69, 9.17) is 9.15 Å². The first kappa shape index (κ1) is 25.4. The zero-order valence-electron chi connectivity index (χ0n) is 21.7. The third kappa shape index (κ3) is 5.84. The van der Waals surface area contributed by atoms with Crippen molar-refractivity contribution in [3.63, 3.8) is 0 Å². The lowest BCUT2D eigenvalue weighted by Gasteiger charge is -2.38. The minimum Gasteiger partial charge on any atom is -0.493 e. The Hall–Kier alpha value is -4.24. The van der Waals surface area contributed by atoms with Crippen molar-refractivity contribution < 1.29 is 18.7 Å². The highest BCUT2D eigenvalue weighted by Gasteiger charge is 2.43. The van der Waals surface area contributed by atoms with Gasteiger partial charge in [0.05, 0.1) is 6.61 Å². The van der Waals surface area contributed by atoms with E-state index in [1.54, 1.807) is 18.2 Å². The third-order valence-electron chi connectivity index (χ3n) is 7.41. The van der Waals surface area contributed by atoms with Crippen molar-refractivity contribution in [2.45, 2.75) is 26.2 Å². The van der Waals surface area contributed by atoms with Crippen LogP contribution in [0.3, 0.4) is 0 Å². The minimum absolute atomic E-state index is 0.0109. The largest absolute Gasteiger partial charge is 0.493 e. The summed E-state index contributed by atoms with van der Waals surface area (Å²) in [6.07, 6.45) is 6.18. The van der Waals surface area contributed by atoms with E-state index in [9.17, 15) is 9.59 Å².